The fourth-order valence-corrected chi connectivity index (χ4v) is 2.34. The van der Waals surface area contributed by atoms with Gasteiger partial charge in [-0.1, -0.05) is 44.2 Å². The van der Waals surface area contributed by atoms with Gasteiger partial charge in [-0.15, -0.1) is 0 Å². The molecule has 1 nitrogen and oxygen atoms in total. The molecule has 0 aromatic heterocycles. The van der Waals surface area contributed by atoms with E-state index in [0.717, 1.165) is 12.0 Å². The highest BCUT2D eigenvalue weighted by Gasteiger charge is 2.41. The van der Waals surface area contributed by atoms with Gasteiger partial charge in [-0.25, -0.2) is 0 Å². The van der Waals surface area contributed by atoms with Crippen LogP contribution >= 0.6 is 0 Å². The fraction of sp³-hybridized carbons (Fsp3) is 0.538. The summed E-state index contributed by atoms with van der Waals surface area (Å²) in [5.74, 6) is 0.802. The number of hydrogen-bond acceptors (Lipinski definition) is 1. The minimum absolute atomic E-state index is 0.802. The van der Waals surface area contributed by atoms with Gasteiger partial charge >= 0.3 is 0 Å². The Morgan fingerprint density at radius 3 is 2.36 bits per heavy atom. The van der Waals surface area contributed by atoms with Gasteiger partial charge in [0.1, 0.15) is 0 Å². The summed E-state index contributed by atoms with van der Waals surface area (Å²) in [4.78, 5) is 2.57. The lowest BCUT2D eigenvalue weighted by Gasteiger charge is -2.17. The number of likely N-dealkylation sites (N-methyl/N-ethyl adjacent to an activating group) is 1. The average Bonchev–Trinajstić information content (AvgIpc) is 3.01. The minimum Gasteiger partial charge on any atom is -0.300 e. The lowest BCUT2D eigenvalue weighted by atomic mass is 10.1. The van der Waals surface area contributed by atoms with Crippen molar-refractivity contribution in [3.8, 4) is 0 Å². The molecule has 0 heterocycles. The van der Waals surface area contributed by atoms with Crippen LogP contribution in [0.1, 0.15) is 31.7 Å². The quantitative estimate of drug-likeness (QED) is 0.704. The molecule has 0 aliphatic heterocycles. The summed E-state index contributed by atoms with van der Waals surface area (Å²) in [7, 11) is 0. The molecular formula is C13H19N. The topological polar surface area (TPSA) is 3.24 Å². The van der Waals surface area contributed by atoms with Crippen LogP contribution in [0.5, 0.6) is 0 Å². The Hall–Kier alpha value is -0.820. The van der Waals surface area contributed by atoms with Crippen LogP contribution in [-0.4, -0.2) is 24.0 Å². The van der Waals surface area contributed by atoms with E-state index < -0.39 is 0 Å². The molecule has 76 valence electrons. The highest BCUT2D eigenvalue weighted by molar-refractivity contribution is 5.27. The van der Waals surface area contributed by atoms with Crippen molar-refractivity contribution in [3.05, 3.63) is 35.9 Å². The molecule has 0 N–H and O–H groups in total. The van der Waals surface area contributed by atoms with Gasteiger partial charge in [-0.2, -0.15) is 0 Å². The summed E-state index contributed by atoms with van der Waals surface area (Å²) in [6.45, 7) is 6.88. The first-order valence-electron chi connectivity index (χ1n) is 5.65. The summed E-state index contributed by atoms with van der Waals surface area (Å²) >= 11 is 0. The van der Waals surface area contributed by atoms with Crippen molar-refractivity contribution in [2.45, 2.75) is 32.2 Å². The van der Waals surface area contributed by atoms with Crippen LogP contribution in [0.15, 0.2) is 30.3 Å². The van der Waals surface area contributed by atoms with Crippen LogP contribution in [0.2, 0.25) is 0 Å². The van der Waals surface area contributed by atoms with E-state index in [2.05, 4.69) is 49.1 Å². The predicted molar refractivity (Wildman–Crippen MR) is 60.5 cm³/mol. The zero-order chi connectivity index (χ0) is 9.97. The standard InChI is InChI=1S/C13H19N/c1-3-14(4-2)13-10-12(13)11-8-6-5-7-9-11/h5-9,12-13H,3-4,10H2,1-2H3. The number of rotatable bonds is 4. The van der Waals surface area contributed by atoms with Crippen molar-refractivity contribution in [3.63, 3.8) is 0 Å². The highest BCUT2D eigenvalue weighted by Crippen LogP contribution is 2.44. The van der Waals surface area contributed by atoms with Gasteiger partial charge in [-0.3, -0.25) is 0 Å². The van der Waals surface area contributed by atoms with Crippen molar-refractivity contribution in [2.75, 3.05) is 13.1 Å². The summed E-state index contributed by atoms with van der Waals surface area (Å²) < 4.78 is 0. The Morgan fingerprint density at radius 1 is 1.14 bits per heavy atom. The molecule has 1 aliphatic rings. The first-order chi connectivity index (χ1) is 6.86. The predicted octanol–water partition coefficient (Wildman–Crippen LogP) is 2.88. The molecule has 1 heteroatoms. The van der Waals surface area contributed by atoms with E-state index in [1.807, 2.05) is 0 Å². The second-order valence-electron chi connectivity index (χ2n) is 4.04. The van der Waals surface area contributed by atoms with Crippen LogP contribution in [0.25, 0.3) is 0 Å². The van der Waals surface area contributed by atoms with Gasteiger partial charge in [0.15, 0.2) is 0 Å². The first-order valence-corrected chi connectivity index (χ1v) is 5.65. The third-order valence-electron chi connectivity index (χ3n) is 3.27. The monoisotopic (exact) mass is 189 g/mol. The van der Waals surface area contributed by atoms with Crippen molar-refractivity contribution >= 4 is 0 Å². The van der Waals surface area contributed by atoms with Crippen molar-refractivity contribution in [1.82, 2.24) is 4.90 Å². The Balaban J connectivity index is 1.99. The van der Waals surface area contributed by atoms with Gasteiger partial charge in [-0.05, 0) is 25.1 Å². The fourth-order valence-electron chi connectivity index (χ4n) is 2.34. The van der Waals surface area contributed by atoms with Crippen LogP contribution in [-0.2, 0) is 0 Å². The Bertz CT molecular complexity index is 277. The van der Waals surface area contributed by atoms with Crippen molar-refractivity contribution < 1.29 is 0 Å². The van der Waals surface area contributed by atoms with E-state index in [4.69, 9.17) is 0 Å². The smallest absolute Gasteiger partial charge is 0.0171 e. The molecule has 1 fully saturated rings. The second kappa shape index (κ2) is 4.14. The van der Waals surface area contributed by atoms with Gasteiger partial charge in [0.25, 0.3) is 0 Å². The Morgan fingerprint density at radius 2 is 1.79 bits per heavy atom. The molecule has 1 aromatic carbocycles. The first kappa shape index (κ1) is 9.72. The molecule has 1 aliphatic carbocycles. The van der Waals surface area contributed by atoms with Crippen molar-refractivity contribution in [2.24, 2.45) is 0 Å². The number of nitrogens with zero attached hydrogens (tertiary/aromatic N) is 1. The summed E-state index contributed by atoms with van der Waals surface area (Å²) in [6.07, 6.45) is 1.35. The molecule has 2 atom stereocenters. The van der Waals surface area contributed by atoms with Crippen LogP contribution in [0.4, 0.5) is 0 Å². The van der Waals surface area contributed by atoms with E-state index >= 15 is 0 Å². The molecule has 0 spiro atoms. The molecule has 2 unspecified atom stereocenters. The maximum absolute atomic E-state index is 2.57. The lowest BCUT2D eigenvalue weighted by molar-refractivity contribution is 0.288. The molecule has 1 aromatic rings. The van der Waals surface area contributed by atoms with Crippen molar-refractivity contribution in [1.29, 1.82) is 0 Å². The molecule has 2 rings (SSSR count). The summed E-state index contributed by atoms with van der Waals surface area (Å²) in [6, 6.07) is 11.7. The molecule has 0 bridgehead atoms. The Kier molecular flexibility index (Phi) is 2.87. The summed E-state index contributed by atoms with van der Waals surface area (Å²) in [5.41, 5.74) is 1.52. The van der Waals surface area contributed by atoms with Gasteiger partial charge in [0.2, 0.25) is 0 Å². The zero-order valence-electron chi connectivity index (χ0n) is 9.11. The van der Waals surface area contributed by atoms with E-state index in [9.17, 15) is 0 Å². The van der Waals surface area contributed by atoms with E-state index in [-0.39, 0.29) is 0 Å². The number of benzene rings is 1. The molecule has 0 radical (unpaired) electrons. The van der Waals surface area contributed by atoms with Crippen LogP contribution in [0.3, 0.4) is 0 Å². The molecule has 0 amide bonds. The second-order valence-corrected chi connectivity index (χ2v) is 4.04. The number of hydrogen-bond donors (Lipinski definition) is 0. The maximum atomic E-state index is 2.57. The SMILES string of the molecule is CCN(CC)C1CC1c1ccccc1. The van der Waals surface area contributed by atoms with Gasteiger partial charge in [0.05, 0.1) is 0 Å². The highest BCUT2D eigenvalue weighted by atomic mass is 15.2. The van der Waals surface area contributed by atoms with Crippen LogP contribution in [0, 0.1) is 0 Å². The average molecular weight is 189 g/mol. The lowest BCUT2D eigenvalue weighted by Crippen LogP contribution is -2.26. The van der Waals surface area contributed by atoms with E-state index in [0.29, 0.717) is 0 Å². The third-order valence-corrected chi connectivity index (χ3v) is 3.27. The molecule has 0 saturated heterocycles. The van der Waals surface area contributed by atoms with E-state index in [1.165, 1.54) is 25.1 Å². The third kappa shape index (κ3) is 1.83. The van der Waals surface area contributed by atoms with E-state index in [1.54, 1.807) is 0 Å². The van der Waals surface area contributed by atoms with Gasteiger partial charge in [0, 0.05) is 12.0 Å². The van der Waals surface area contributed by atoms with Crippen LogP contribution < -0.4 is 0 Å². The summed E-state index contributed by atoms with van der Waals surface area (Å²) in [5, 5.41) is 0. The van der Waals surface area contributed by atoms with Gasteiger partial charge < -0.3 is 4.90 Å². The normalized spacial score (nSPS) is 25.4. The molecular weight excluding hydrogens is 170 g/mol. The zero-order valence-corrected chi connectivity index (χ0v) is 9.11. The Labute approximate surface area is 86.7 Å². The maximum Gasteiger partial charge on any atom is 0.0171 e. The molecule has 14 heavy (non-hydrogen) atoms. The largest absolute Gasteiger partial charge is 0.300 e. The molecule has 1 saturated carbocycles. The minimum atomic E-state index is 0.802.